The number of halogens is 1. The van der Waals surface area contributed by atoms with Crippen LogP contribution in [-0.2, 0) is 29.1 Å². The number of anilines is 1. The highest BCUT2D eigenvalue weighted by Crippen LogP contribution is 2.38. The van der Waals surface area contributed by atoms with Crippen molar-refractivity contribution in [3.63, 3.8) is 0 Å². The van der Waals surface area contributed by atoms with Crippen molar-refractivity contribution in [3.05, 3.63) is 93.9 Å². The lowest BCUT2D eigenvalue weighted by Crippen LogP contribution is -2.27. The zero-order valence-corrected chi connectivity index (χ0v) is 20.9. The van der Waals surface area contributed by atoms with Crippen LogP contribution in [0.4, 0.5) is 10.5 Å². The number of aromatic nitrogens is 1. The first-order valence-corrected chi connectivity index (χ1v) is 12.6. The summed E-state index contributed by atoms with van der Waals surface area (Å²) in [4.78, 5) is 40.0. The summed E-state index contributed by atoms with van der Waals surface area (Å²) in [5.41, 5.74) is 3.19. The zero-order chi connectivity index (χ0) is 25.2. The van der Waals surface area contributed by atoms with Gasteiger partial charge in [-0.15, -0.1) is 0 Å². The Morgan fingerprint density at radius 3 is 2.72 bits per heavy atom. The first-order valence-electron chi connectivity index (χ1n) is 11.4. The summed E-state index contributed by atoms with van der Waals surface area (Å²) in [6.07, 6.45) is 5.91. The van der Waals surface area contributed by atoms with E-state index in [1.54, 1.807) is 48.7 Å². The maximum atomic E-state index is 13.2. The summed E-state index contributed by atoms with van der Waals surface area (Å²) in [5.74, 6) is 0.101. The quantitative estimate of drug-likeness (QED) is 0.302. The molecule has 2 aromatic heterocycles. The van der Waals surface area contributed by atoms with Crippen molar-refractivity contribution in [2.45, 2.75) is 26.4 Å². The minimum atomic E-state index is -0.406. The number of carbonyl (C=O) groups is 3. The molecule has 4 aromatic rings. The molecule has 7 nitrogen and oxygen atoms in total. The normalized spacial score (nSPS) is 14.8. The fourth-order valence-corrected chi connectivity index (χ4v) is 5.26. The molecule has 9 heteroatoms. The molecule has 0 saturated carbocycles. The van der Waals surface area contributed by atoms with Crippen molar-refractivity contribution in [3.8, 4) is 0 Å². The number of hydrogen-bond acceptors (Lipinski definition) is 5. The standard InChI is InChI=1S/C27H22ClN3O4S/c1-2-17-6-3-10-22-18(15-30(25(17)22)16-24(32)29-14-21-9-5-11-35-21)12-23-26(33)31(27(34)36-23)20-8-4-7-19(28)13-20/h3-13,15H,2,14,16H2,1H3,(H,29,32)/b23-12-. The van der Waals surface area contributed by atoms with Crippen LogP contribution in [0, 0.1) is 0 Å². The van der Waals surface area contributed by atoms with Gasteiger partial charge in [0.15, 0.2) is 0 Å². The number of hydrogen-bond donors (Lipinski definition) is 1. The van der Waals surface area contributed by atoms with E-state index in [2.05, 4.69) is 12.2 Å². The third kappa shape index (κ3) is 4.69. The van der Waals surface area contributed by atoms with Crippen LogP contribution in [0.15, 0.2) is 76.4 Å². The number of carbonyl (C=O) groups excluding carboxylic acids is 3. The molecule has 0 bridgehead atoms. The Morgan fingerprint density at radius 1 is 1.14 bits per heavy atom. The van der Waals surface area contributed by atoms with E-state index in [-0.39, 0.29) is 17.7 Å². The summed E-state index contributed by atoms with van der Waals surface area (Å²) in [5, 5.41) is 3.83. The summed E-state index contributed by atoms with van der Waals surface area (Å²) >= 11 is 6.95. The van der Waals surface area contributed by atoms with Crippen LogP contribution in [0.2, 0.25) is 5.02 Å². The largest absolute Gasteiger partial charge is 0.467 e. The minimum Gasteiger partial charge on any atom is -0.467 e. The molecule has 36 heavy (non-hydrogen) atoms. The van der Waals surface area contributed by atoms with Gasteiger partial charge in [-0.25, -0.2) is 4.90 Å². The Labute approximate surface area is 216 Å². The number of fused-ring (bicyclic) bond motifs is 1. The molecule has 1 saturated heterocycles. The van der Waals surface area contributed by atoms with E-state index in [9.17, 15) is 14.4 Å². The molecule has 0 aliphatic carbocycles. The molecular weight excluding hydrogens is 498 g/mol. The predicted molar refractivity (Wildman–Crippen MR) is 142 cm³/mol. The van der Waals surface area contributed by atoms with E-state index in [1.165, 1.54) is 0 Å². The molecule has 1 fully saturated rings. The fraction of sp³-hybridized carbons (Fsp3) is 0.148. The SMILES string of the molecule is CCc1cccc2c(/C=C3\SC(=O)N(c4cccc(Cl)c4)C3=O)cn(CC(=O)NCc3ccco3)c12. The van der Waals surface area contributed by atoms with E-state index < -0.39 is 5.91 Å². The highest BCUT2D eigenvalue weighted by Gasteiger charge is 2.36. The topological polar surface area (TPSA) is 84.5 Å². The van der Waals surface area contributed by atoms with E-state index in [0.29, 0.717) is 27.9 Å². The molecule has 2 aromatic carbocycles. The van der Waals surface area contributed by atoms with Crippen LogP contribution in [0.25, 0.3) is 17.0 Å². The highest BCUT2D eigenvalue weighted by molar-refractivity contribution is 8.19. The molecule has 5 rings (SSSR count). The molecule has 1 aliphatic rings. The molecule has 1 N–H and O–H groups in total. The lowest BCUT2D eigenvalue weighted by Gasteiger charge is -2.12. The molecule has 0 unspecified atom stereocenters. The van der Waals surface area contributed by atoms with Gasteiger partial charge in [0.2, 0.25) is 5.91 Å². The monoisotopic (exact) mass is 519 g/mol. The second kappa shape index (κ2) is 10.1. The Kier molecular flexibility index (Phi) is 6.71. The van der Waals surface area contributed by atoms with Crippen molar-refractivity contribution in [1.29, 1.82) is 0 Å². The number of rotatable bonds is 7. The minimum absolute atomic E-state index is 0.103. The van der Waals surface area contributed by atoms with Gasteiger partial charge in [-0.1, -0.05) is 42.8 Å². The Balaban J connectivity index is 1.47. The van der Waals surface area contributed by atoms with Gasteiger partial charge >= 0.3 is 0 Å². The fourth-order valence-electron chi connectivity index (χ4n) is 4.25. The lowest BCUT2D eigenvalue weighted by molar-refractivity contribution is -0.121. The number of benzene rings is 2. The van der Waals surface area contributed by atoms with Crippen molar-refractivity contribution in [2.75, 3.05) is 4.90 Å². The van der Waals surface area contributed by atoms with E-state index in [0.717, 1.165) is 45.1 Å². The molecule has 0 radical (unpaired) electrons. The van der Waals surface area contributed by atoms with E-state index in [1.807, 2.05) is 29.0 Å². The van der Waals surface area contributed by atoms with Crippen LogP contribution in [0.3, 0.4) is 0 Å². The van der Waals surface area contributed by atoms with Crippen molar-refractivity contribution >= 4 is 63.1 Å². The smallest absolute Gasteiger partial charge is 0.298 e. The van der Waals surface area contributed by atoms with Gasteiger partial charge in [-0.3, -0.25) is 14.4 Å². The van der Waals surface area contributed by atoms with Crippen LogP contribution >= 0.6 is 23.4 Å². The van der Waals surface area contributed by atoms with Crippen molar-refractivity contribution in [1.82, 2.24) is 9.88 Å². The molecule has 182 valence electrons. The van der Waals surface area contributed by atoms with Crippen molar-refractivity contribution in [2.24, 2.45) is 0 Å². The van der Waals surface area contributed by atoms with Crippen LogP contribution < -0.4 is 10.2 Å². The molecule has 0 spiro atoms. The summed E-state index contributed by atoms with van der Waals surface area (Å²) in [7, 11) is 0. The maximum Gasteiger partial charge on any atom is 0.298 e. The average molecular weight is 520 g/mol. The second-order valence-electron chi connectivity index (χ2n) is 8.23. The number of nitrogens with one attached hydrogen (secondary N) is 1. The van der Waals surface area contributed by atoms with Gasteiger partial charge in [-0.05, 0) is 60.2 Å². The Morgan fingerprint density at radius 2 is 1.97 bits per heavy atom. The van der Waals surface area contributed by atoms with Crippen LogP contribution in [0.5, 0.6) is 0 Å². The third-order valence-corrected chi connectivity index (χ3v) is 7.00. The predicted octanol–water partition coefficient (Wildman–Crippen LogP) is 6.01. The maximum absolute atomic E-state index is 13.2. The molecule has 1 aliphatic heterocycles. The van der Waals surface area contributed by atoms with Gasteiger partial charge in [-0.2, -0.15) is 0 Å². The molecule has 3 heterocycles. The molecule has 3 amide bonds. The summed E-state index contributed by atoms with van der Waals surface area (Å²) in [6, 6.07) is 16.1. The number of aryl methyl sites for hydroxylation is 1. The van der Waals surface area contributed by atoms with Crippen molar-refractivity contribution < 1.29 is 18.8 Å². The number of amides is 3. The second-order valence-corrected chi connectivity index (χ2v) is 9.66. The number of imide groups is 1. The average Bonchev–Trinajstić information content (AvgIpc) is 3.57. The summed E-state index contributed by atoms with van der Waals surface area (Å²) in [6.45, 7) is 2.46. The van der Waals surface area contributed by atoms with Gasteiger partial charge in [0.1, 0.15) is 12.3 Å². The number of furan rings is 1. The Hall–Kier alpha value is -3.75. The summed E-state index contributed by atoms with van der Waals surface area (Å²) < 4.78 is 7.17. The first-order chi connectivity index (χ1) is 17.4. The highest BCUT2D eigenvalue weighted by atomic mass is 35.5. The van der Waals surface area contributed by atoms with Gasteiger partial charge in [0.05, 0.1) is 28.9 Å². The third-order valence-electron chi connectivity index (χ3n) is 5.89. The van der Waals surface area contributed by atoms with Crippen LogP contribution in [0.1, 0.15) is 23.8 Å². The molecule has 0 atom stereocenters. The number of thioether (sulfide) groups is 1. The van der Waals surface area contributed by atoms with E-state index in [4.69, 9.17) is 16.0 Å². The lowest BCUT2D eigenvalue weighted by atomic mass is 10.1. The van der Waals surface area contributed by atoms with Gasteiger partial charge in [0, 0.05) is 22.2 Å². The van der Waals surface area contributed by atoms with Gasteiger partial charge < -0.3 is 14.3 Å². The molecular formula is C27H22ClN3O4S. The van der Waals surface area contributed by atoms with E-state index >= 15 is 0 Å². The Bertz CT molecular complexity index is 1510. The number of para-hydroxylation sites is 1. The van der Waals surface area contributed by atoms with Crippen LogP contribution in [-0.4, -0.2) is 21.6 Å². The zero-order valence-electron chi connectivity index (χ0n) is 19.4. The first kappa shape index (κ1) is 24.0. The number of nitrogens with zero attached hydrogens (tertiary/aromatic N) is 2. The van der Waals surface area contributed by atoms with Gasteiger partial charge in [0.25, 0.3) is 11.1 Å².